The van der Waals surface area contributed by atoms with E-state index in [2.05, 4.69) is 39.4 Å². The van der Waals surface area contributed by atoms with Gasteiger partial charge < -0.3 is 5.32 Å². The number of hydrazine groups is 1. The molecule has 3 N–H and O–H groups in total. The summed E-state index contributed by atoms with van der Waals surface area (Å²) in [6.45, 7) is 2.74. The monoisotopic (exact) mass is 302 g/mol. The molecule has 110 valence electrons. The van der Waals surface area contributed by atoms with Gasteiger partial charge in [-0.3, -0.25) is 10.4 Å². The molecule has 1 saturated heterocycles. The number of hydrogen-bond donors (Lipinski definition) is 3. The summed E-state index contributed by atoms with van der Waals surface area (Å²) in [4.78, 5) is 4.13. The van der Waals surface area contributed by atoms with Crippen molar-refractivity contribution in [1.29, 1.82) is 0 Å². The second-order valence-electron chi connectivity index (χ2n) is 5.31. The molecule has 1 aromatic carbocycles. The molecule has 5 heteroatoms. The molecule has 0 radical (unpaired) electrons. The maximum absolute atomic E-state index is 5.95. The Hall–Kier alpha value is -1.46. The maximum atomic E-state index is 5.95. The molecule has 1 aliphatic rings. The first-order valence-corrected chi connectivity index (χ1v) is 7.54. The lowest BCUT2D eigenvalue weighted by Gasteiger charge is -2.19. The van der Waals surface area contributed by atoms with Crippen molar-refractivity contribution in [3.05, 3.63) is 64.9 Å². The van der Waals surface area contributed by atoms with Gasteiger partial charge in [0.1, 0.15) is 0 Å². The molecule has 0 saturated carbocycles. The van der Waals surface area contributed by atoms with Gasteiger partial charge in [-0.2, -0.15) is 0 Å². The third-order valence-corrected chi connectivity index (χ3v) is 4.03. The van der Waals surface area contributed by atoms with E-state index in [9.17, 15) is 0 Å². The Morgan fingerprint density at radius 1 is 1.24 bits per heavy atom. The predicted octanol–water partition coefficient (Wildman–Crippen LogP) is 2.29. The van der Waals surface area contributed by atoms with Gasteiger partial charge in [0.2, 0.25) is 0 Å². The summed E-state index contributed by atoms with van der Waals surface area (Å²) in [6.07, 6.45) is 3.69. The highest BCUT2D eigenvalue weighted by Crippen LogP contribution is 2.25. The first-order valence-electron chi connectivity index (χ1n) is 7.16. The minimum atomic E-state index is 0.309. The summed E-state index contributed by atoms with van der Waals surface area (Å²) in [5.74, 6) is 0.503. The lowest BCUT2D eigenvalue weighted by Crippen LogP contribution is -2.28. The summed E-state index contributed by atoms with van der Waals surface area (Å²) in [5.41, 5.74) is 9.06. The maximum Gasteiger partial charge on any atom is 0.0515 e. The Bertz CT molecular complexity index is 558. The zero-order valence-electron chi connectivity index (χ0n) is 11.7. The zero-order valence-corrected chi connectivity index (χ0v) is 12.5. The molecular weight excluding hydrogens is 284 g/mol. The first kappa shape index (κ1) is 14.5. The number of benzene rings is 1. The van der Waals surface area contributed by atoms with Crippen LogP contribution in [-0.4, -0.2) is 18.1 Å². The van der Waals surface area contributed by atoms with Gasteiger partial charge in [-0.1, -0.05) is 29.8 Å². The topological polar surface area (TPSA) is 49.0 Å². The quantitative estimate of drug-likeness (QED) is 0.793. The van der Waals surface area contributed by atoms with Crippen molar-refractivity contribution in [3.63, 3.8) is 0 Å². The van der Waals surface area contributed by atoms with Gasteiger partial charge in [0, 0.05) is 43.0 Å². The lowest BCUT2D eigenvalue weighted by molar-refractivity contribution is 0.441. The second kappa shape index (κ2) is 7.00. The molecule has 1 aromatic heterocycles. The fraction of sp³-hybridized carbons (Fsp3) is 0.312. The molecule has 2 heterocycles. The van der Waals surface area contributed by atoms with Gasteiger partial charge in [0.05, 0.1) is 6.04 Å². The molecule has 3 rings (SSSR count). The standard InChI is InChI=1S/C16H19ClN4/c17-15-5-3-13(4-6-15)16-14(11-20-21-16)10-19-9-12-2-1-7-18-8-12/h1-8,14,16,19-21H,9-11H2. The Morgan fingerprint density at radius 3 is 2.86 bits per heavy atom. The van der Waals surface area contributed by atoms with Crippen LogP contribution in [0.2, 0.25) is 5.02 Å². The van der Waals surface area contributed by atoms with Crippen molar-refractivity contribution in [1.82, 2.24) is 21.2 Å². The van der Waals surface area contributed by atoms with E-state index < -0.39 is 0 Å². The minimum Gasteiger partial charge on any atom is -0.312 e. The lowest BCUT2D eigenvalue weighted by atomic mass is 9.95. The number of rotatable bonds is 5. The zero-order chi connectivity index (χ0) is 14.5. The van der Waals surface area contributed by atoms with Crippen LogP contribution >= 0.6 is 11.6 Å². The molecular formula is C16H19ClN4. The van der Waals surface area contributed by atoms with Gasteiger partial charge in [0.15, 0.2) is 0 Å². The van der Waals surface area contributed by atoms with Crippen molar-refractivity contribution in [3.8, 4) is 0 Å². The molecule has 2 aromatic rings. The summed E-state index contributed by atoms with van der Waals surface area (Å²) < 4.78 is 0. The first-order chi connectivity index (χ1) is 10.3. The number of nitrogens with zero attached hydrogens (tertiary/aromatic N) is 1. The SMILES string of the molecule is Clc1ccc(C2NNCC2CNCc2cccnc2)cc1. The summed E-state index contributed by atoms with van der Waals surface area (Å²) >= 11 is 5.95. The van der Waals surface area contributed by atoms with Crippen molar-refractivity contribution < 1.29 is 0 Å². The van der Waals surface area contributed by atoms with Crippen molar-refractivity contribution in [2.45, 2.75) is 12.6 Å². The Labute approximate surface area is 129 Å². The van der Waals surface area contributed by atoms with E-state index in [1.165, 1.54) is 11.1 Å². The highest BCUT2D eigenvalue weighted by Gasteiger charge is 2.27. The van der Waals surface area contributed by atoms with Crippen molar-refractivity contribution >= 4 is 11.6 Å². The molecule has 1 aliphatic heterocycles. The van der Waals surface area contributed by atoms with E-state index >= 15 is 0 Å². The molecule has 0 aliphatic carbocycles. The van der Waals surface area contributed by atoms with Gasteiger partial charge in [-0.05, 0) is 29.3 Å². The van der Waals surface area contributed by atoms with E-state index in [0.717, 1.165) is 24.7 Å². The minimum absolute atomic E-state index is 0.309. The normalized spacial score (nSPS) is 21.6. The molecule has 2 atom stereocenters. The molecule has 1 fully saturated rings. The average Bonchev–Trinajstić information content (AvgIpc) is 2.98. The predicted molar refractivity (Wildman–Crippen MR) is 84.8 cm³/mol. The Morgan fingerprint density at radius 2 is 2.10 bits per heavy atom. The van der Waals surface area contributed by atoms with E-state index in [0.29, 0.717) is 12.0 Å². The fourth-order valence-corrected chi connectivity index (χ4v) is 2.78. The summed E-state index contributed by atoms with van der Waals surface area (Å²) in [5, 5.41) is 4.28. The third kappa shape index (κ3) is 3.80. The summed E-state index contributed by atoms with van der Waals surface area (Å²) in [7, 11) is 0. The average molecular weight is 303 g/mol. The van der Waals surface area contributed by atoms with Crippen LogP contribution in [0, 0.1) is 5.92 Å². The van der Waals surface area contributed by atoms with Gasteiger partial charge in [-0.15, -0.1) is 0 Å². The van der Waals surface area contributed by atoms with Crippen molar-refractivity contribution in [2.24, 2.45) is 5.92 Å². The summed E-state index contributed by atoms with van der Waals surface area (Å²) in [6, 6.07) is 12.4. The van der Waals surface area contributed by atoms with Gasteiger partial charge in [-0.25, -0.2) is 5.43 Å². The van der Waals surface area contributed by atoms with E-state index in [1.54, 1.807) is 6.20 Å². The number of halogens is 1. The van der Waals surface area contributed by atoms with Crippen LogP contribution in [-0.2, 0) is 6.54 Å². The molecule has 0 bridgehead atoms. The van der Waals surface area contributed by atoms with Crippen molar-refractivity contribution in [2.75, 3.05) is 13.1 Å². The van der Waals surface area contributed by atoms with Crippen LogP contribution in [0.5, 0.6) is 0 Å². The number of pyridine rings is 1. The second-order valence-corrected chi connectivity index (χ2v) is 5.74. The van der Waals surface area contributed by atoms with Gasteiger partial charge in [0.25, 0.3) is 0 Å². The Balaban J connectivity index is 1.56. The van der Waals surface area contributed by atoms with Crippen LogP contribution in [0.3, 0.4) is 0 Å². The fourth-order valence-electron chi connectivity index (χ4n) is 2.66. The van der Waals surface area contributed by atoms with E-state index in [4.69, 9.17) is 11.6 Å². The largest absolute Gasteiger partial charge is 0.312 e. The molecule has 0 spiro atoms. The van der Waals surface area contributed by atoms with E-state index in [-0.39, 0.29) is 0 Å². The van der Waals surface area contributed by atoms with Crippen LogP contribution < -0.4 is 16.2 Å². The molecule has 21 heavy (non-hydrogen) atoms. The van der Waals surface area contributed by atoms with Gasteiger partial charge >= 0.3 is 0 Å². The molecule has 0 amide bonds. The smallest absolute Gasteiger partial charge is 0.0515 e. The van der Waals surface area contributed by atoms with E-state index in [1.807, 2.05) is 24.4 Å². The number of nitrogens with one attached hydrogen (secondary N) is 3. The number of hydrogen-bond acceptors (Lipinski definition) is 4. The number of aromatic nitrogens is 1. The third-order valence-electron chi connectivity index (χ3n) is 3.78. The Kier molecular flexibility index (Phi) is 4.83. The molecule has 4 nitrogen and oxygen atoms in total. The molecule has 2 unspecified atom stereocenters. The van der Waals surface area contributed by atoms with Crippen LogP contribution in [0.1, 0.15) is 17.2 Å². The van der Waals surface area contributed by atoms with Crippen LogP contribution in [0.4, 0.5) is 0 Å². The van der Waals surface area contributed by atoms with Crippen LogP contribution in [0.25, 0.3) is 0 Å². The van der Waals surface area contributed by atoms with Crippen LogP contribution in [0.15, 0.2) is 48.8 Å². The highest BCUT2D eigenvalue weighted by molar-refractivity contribution is 6.30. The highest BCUT2D eigenvalue weighted by atomic mass is 35.5.